The van der Waals surface area contributed by atoms with Gasteiger partial charge in [-0.05, 0) is 102 Å². The average molecular weight is 773 g/mol. The van der Waals surface area contributed by atoms with Crippen molar-refractivity contribution in [2.24, 2.45) is 0 Å². The molecule has 2 unspecified atom stereocenters. The molecule has 1 aliphatic heterocycles. The van der Waals surface area contributed by atoms with Crippen LogP contribution in [-0.4, -0.2) is 58.4 Å². The monoisotopic (exact) mass is 772 g/mol. The van der Waals surface area contributed by atoms with Gasteiger partial charge in [-0.15, -0.1) is 0 Å². The van der Waals surface area contributed by atoms with E-state index < -0.39 is 6.23 Å². The summed E-state index contributed by atoms with van der Waals surface area (Å²) in [5.74, 6) is 2.30. The molecule has 9 nitrogen and oxygen atoms in total. The third kappa shape index (κ3) is 10.1. The van der Waals surface area contributed by atoms with Gasteiger partial charge in [0.2, 0.25) is 0 Å². The molecule has 0 radical (unpaired) electrons. The Kier molecular flexibility index (Phi) is 14.2. The predicted octanol–water partition coefficient (Wildman–Crippen LogP) is 8.99. The highest BCUT2D eigenvalue weighted by atomic mass is 33.1. The molecule has 1 aliphatic carbocycles. The van der Waals surface area contributed by atoms with Gasteiger partial charge in [-0.2, -0.15) is 0 Å². The van der Waals surface area contributed by atoms with Gasteiger partial charge in [0.25, 0.3) is 0 Å². The number of ketones is 2. The van der Waals surface area contributed by atoms with Crippen LogP contribution in [0.2, 0.25) is 0 Å². The van der Waals surface area contributed by atoms with Crippen molar-refractivity contribution in [2.45, 2.75) is 102 Å². The van der Waals surface area contributed by atoms with Crippen LogP contribution in [0.3, 0.4) is 0 Å². The van der Waals surface area contributed by atoms with Crippen LogP contribution < -0.4 is 15.4 Å². The van der Waals surface area contributed by atoms with Crippen LogP contribution in [-0.2, 0) is 33.1 Å². The van der Waals surface area contributed by atoms with E-state index in [1.807, 2.05) is 47.2 Å². The van der Waals surface area contributed by atoms with Crippen molar-refractivity contribution in [3.8, 4) is 28.4 Å². The van der Waals surface area contributed by atoms with Crippen molar-refractivity contribution >= 4 is 49.6 Å². The maximum atomic E-state index is 13.9. The Bertz CT molecular complexity index is 1930. The fourth-order valence-corrected chi connectivity index (χ4v) is 9.90. The molecular formula is C43H52N2O7S2. The van der Waals surface area contributed by atoms with E-state index in [4.69, 9.17) is 9.47 Å². The van der Waals surface area contributed by atoms with Crippen LogP contribution >= 0.6 is 21.6 Å². The number of aliphatic hydroxyl groups is 1. The number of carbonyl (C=O) groups excluding carboxylic acids is 2. The Balaban J connectivity index is 1.29. The molecule has 1 heterocycles. The second-order valence-corrected chi connectivity index (χ2v) is 17.0. The summed E-state index contributed by atoms with van der Waals surface area (Å²) in [6.07, 6.45) is 7.26. The molecule has 54 heavy (non-hydrogen) atoms. The second kappa shape index (κ2) is 19.2. The molecule has 4 aromatic rings. The lowest BCUT2D eigenvalue weighted by Gasteiger charge is -2.29. The van der Waals surface area contributed by atoms with Gasteiger partial charge in [0.15, 0.2) is 11.5 Å². The molecule has 1 fully saturated rings. The molecule has 0 spiro atoms. The number of nitrogens with one attached hydrogen (secondary N) is 2. The number of rotatable bonds is 10. The summed E-state index contributed by atoms with van der Waals surface area (Å²) in [7, 11) is 5.13. The molecule has 11 heteroatoms. The third-order valence-electron chi connectivity index (χ3n) is 10.4. The number of phenols is 2. The largest absolute Gasteiger partial charge is 0.508 e. The number of aliphatic hydroxyl groups excluding tert-OH is 1. The van der Waals surface area contributed by atoms with E-state index in [1.54, 1.807) is 36.1 Å². The number of benzene rings is 4. The predicted molar refractivity (Wildman–Crippen MR) is 219 cm³/mol. The number of aryl methyl sites for hydroxylation is 1. The first kappa shape index (κ1) is 39.9. The number of hydrogen-bond donors (Lipinski definition) is 5. The number of fused-ring (bicyclic) bond motifs is 5. The standard InChI is InChI=1S/C43H52N2O7S2/c1-27(47)24-44-39-18-13-30(21-31(39)25-46)43(45-32-7-3-4-8-32)52-35-9-5-6-20-53-54-26-38-36(17-12-28-10-15-34(49)23-37(28)38)41-29(11-16-33(48)22-35)14-19-40(50)42(41)51-2/h10,12-15,17-19,21,23,32,35,43-46,49-50H,3-9,11,16,20,22,24-26H2,1-2H3. The zero-order chi connectivity index (χ0) is 38.0. The van der Waals surface area contributed by atoms with Crippen LogP contribution in [0.25, 0.3) is 21.9 Å². The second-order valence-electron chi connectivity index (χ2n) is 14.4. The number of hydrogen-bond acceptors (Lipinski definition) is 11. The lowest BCUT2D eigenvalue weighted by Crippen LogP contribution is -2.35. The van der Waals surface area contributed by atoms with Crippen molar-refractivity contribution in [3.63, 3.8) is 0 Å². The molecule has 6 rings (SSSR count). The summed E-state index contributed by atoms with van der Waals surface area (Å²) in [6, 6.07) is 19.1. The Labute approximate surface area is 326 Å². The van der Waals surface area contributed by atoms with Gasteiger partial charge in [0, 0.05) is 47.2 Å². The zero-order valence-corrected chi connectivity index (χ0v) is 32.8. The fourth-order valence-electron chi connectivity index (χ4n) is 7.64. The molecule has 288 valence electrons. The first-order chi connectivity index (χ1) is 26.2. The van der Waals surface area contributed by atoms with E-state index in [-0.39, 0.29) is 48.7 Å². The molecule has 5 N–H and O–H groups in total. The van der Waals surface area contributed by atoms with Crippen LogP contribution in [0.4, 0.5) is 5.69 Å². The van der Waals surface area contributed by atoms with Crippen LogP contribution in [0.15, 0.2) is 60.7 Å². The lowest BCUT2D eigenvalue weighted by molar-refractivity contribution is -0.124. The number of phenolic OH excluding ortho intramolecular Hbond substituents is 2. The summed E-state index contributed by atoms with van der Waals surface area (Å²) in [6.45, 7) is 1.52. The number of aromatic hydroxyl groups is 2. The van der Waals surface area contributed by atoms with E-state index in [0.29, 0.717) is 41.6 Å². The van der Waals surface area contributed by atoms with Gasteiger partial charge < -0.3 is 30.1 Å². The van der Waals surface area contributed by atoms with Gasteiger partial charge in [-0.25, -0.2) is 0 Å². The van der Waals surface area contributed by atoms with Gasteiger partial charge in [-0.1, -0.05) is 71.2 Å². The maximum absolute atomic E-state index is 13.9. The zero-order valence-electron chi connectivity index (χ0n) is 31.2. The number of anilines is 1. The minimum absolute atomic E-state index is 0.00843. The fraction of sp³-hybridized carbons (Fsp3) is 0.442. The Hall–Kier alpha value is -3.74. The smallest absolute Gasteiger partial charge is 0.168 e. The van der Waals surface area contributed by atoms with E-state index >= 15 is 0 Å². The van der Waals surface area contributed by atoms with Crippen LogP contribution in [0.5, 0.6) is 17.2 Å². The molecule has 0 amide bonds. The average Bonchev–Trinajstić information content (AvgIpc) is 3.68. The van der Waals surface area contributed by atoms with Crippen LogP contribution in [0.1, 0.15) is 93.2 Å². The van der Waals surface area contributed by atoms with Gasteiger partial charge >= 0.3 is 0 Å². The van der Waals surface area contributed by atoms with Gasteiger partial charge in [0.05, 0.1) is 26.4 Å². The first-order valence-corrected chi connectivity index (χ1v) is 21.5. The number of carbonyl (C=O) groups is 2. The van der Waals surface area contributed by atoms with Crippen molar-refractivity contribution in [2.75, 3.05) is 24.7 Å². The summed E-state index contributed by atoms with van der Waals surface area (Å²) in [5.41, 5.74) is 5.90. The third-order valence-corrected chi connectivity index (χ3v) is 12.8. The van der Waals surface area contributed by atoms with Crippen molar-refractivity contribution < 1.29 is 34.4 Å². The molecule has 2 atom stereocenters. The van der Waals surface area contributed by atoms with Crippen molar-refractivity contribution in [3.05, 3.63) is 82.9 Å². The Morgan fingerprint density at radius 3 is 2.52 bits per heavy atom. The SMILES string of the molecule is COc1c(O)ccc2c1-c1ccc3ccc(O)cc3c1CSSCCCCC(OC(NC1CCCC1)c1ccc(NCC(C)=O)c(CO)c1)CC(=O)CC2. The van der Waals surface area contributed by atoms with Crippen molar-refractivity contribution in [1.29, 1.82) is 0 Å². The number of methoxy groups -OCH3 is 1. The van der Waals surface area contributed by atoms with E-state index in [1.165, 1.54) is 6.92 Å². The van der Waals surface area contributed by atoms with Gasteiger partial charge in [-0.3, -0.25) is 14.9 Å². The van der Waals surface area contributed by atoms with E-state index in [9.17, 15) is 24.9 Å². The number of Topliss-reactive ketones (excluding diaryl/α,β-unsaturated/α-hetero) is 2. The quantitative estimate of drug-likeness (QED) is 0.0780. The summed E-state index contributed by atoms with van der Waals surface area (Å²) >= 11 is 0. The maximum Gasteiger partial charge on any atom is 0.168 e. The minimum Gasteiger partial charge on any atom is -0.508 e. The highest BCUT2D eigenvalue weighted by Crippen LogP contribution is 2.46. The molecule has 1 saturated carbocycles. The molecule has 2 aliphatic rings. The lowest BCUT2D eigenvalue weighted by atomic mass is 9.89. The minimum atomic E-state index is -0.465. The summed E-state index contributed by atoms with van der Waals surface area (Å²) < 4.78 is 12.7. The Morgan fingerprint density at radius 2 is 1.74 bits per heavy atom. The Morgan fingerprint density at radius 1 is 0.944 bits per heavy atom. The van der Waals surface area contributed by atoms with Gasteiger partial charge in [0.1, 0.15) is 23.5 Å². The molecule has 0 aromatic heterocycles. The molecule has 0 saturated heterocycles. The molecular weight excluding hydrogens is 721 g/mol. The number of ether oxygens (including phenoxy) is 2. The molecule has 0 bridgehead atoms. The molecule has 4 aromatic carbocycles. The van der Waals surface area contributed by atoms with E-state index in [0.717, 1.165) is 89.3 Å². The normalized spacial score (nSPS) is 18.2. The van der Waals surface area contributed by atoms with E-state index in [2.05, 4.69) is 16.7 Å². The summed E-state index contributed by atoms with van der Waals surface area (Å²) in [4.78, 5) is 25.6. The van der Waals surface area contributed by atoms with Crippen molar-refractivity contribution in [1.82, 2.24) is 5.32 Å². The topological polar surface area (TPSA) is 137 Å². The highest BCUT2D eigenvalue weighted by Gasteiger charge is 2.27. The summed E-state index contributed by atoms with van der Waals surface area (Å²) in [5, 5.41) is 40.5. The first-order valence-electron chi connectivity index (χ1n) is 19.0. The van der Waals surface area contributed by atoms with Crippen LogP contribution in [0, 0.1) is 0 Å². The highest BCUT2D eigenvalue weighted by molar-refractivity contribution is 8.76.